The van der Waals surface area contributed by atoms with Crippen LogP contribution < -0.4 is 0 Å². The van der Waals surface area contributed by atoms with E-state index >= 15 is 0 Å². The van der Waals surface area contributed by atoms with Crippen LogP contribution in [0.5, 0.6) is 0 Å². The van der Waals surface area contributed by atoms with Gasteiger partial charge in [-0.15, -0.1) is 11.6 Å². The molecule has 0 fully saturated rings. The van der Waals surface area contributed by atoms with Gasteiger partial charge in [0.05, 0.1) is 8.80 Å². The Morgan fingerprint density at radius 1 is 1.00 bits per heavy atom. The maximum atomic E-state index is 5.86. The first-order chi connectivity index (χ1) is 5.00. The van der Waals surface area contributed by atoms with Crippen LogP contribution in [0, 0.1) is 0 Å². The first-order valence-electron chi connectivity index (χ1n) is 4.43. The van der Waals surface area contributed by atoms with Crippen molar-refractivity contribution in [2.24, 2.45) is 0 Å². The molecule has 1 radical (unpaired) electrons. The van der Waals surface area contributed by atoms with Gasteiger partial charge in [0.15, 0.2) is 0 Å². The zero-order valence-corrected chi connectivity index (χ0v) is 16.3. The van der Waals surface area contributed by atoms with Crippen molar-refractivity contribution in [2.75, 3.05) is 5.88 Å². The van der Waals surface area contributed by atoms with E-state index in [2.05, 4.69) is 34.6 Å². The first-order valence-corrected chi connectivity index (χ1v) is 6.69. The van der Waals surface area contributed by atoms with Crippen LogP contribution in [0.25, 0.3) is 0 Å². The zero-order chi connectivity index (χ0) is 9.02. The van der Waals surface area contributed by atoms with Crippen LogP contribution in [0.3, 0.4) is 0 Å². The third-order valence-corrected chi connectivity index (χ3v) is 6.86. The number of halogens is 1. The quantitative estimate of drug-likeness (QED) is 0.503. The Morgan fingerprint density at radius 2 is 1.33 bits per heavy atom. The third-order valence-electron chi connectivity index (χ3n) is 2.13. The van der Waals surface area contributed by atoms with Gasteiger partial charge in [0.2, 0.25) is 0 Å². The Hall–Kier alpha value is 1.44. The van der Waals surface area contributed by atoms with Gasteiger partial charge in [-0.3, -0.25) is 0 Å². The molecule has 12 heavy (non-hydrogen) atoms. The van der Waals surface area contributed by atoms with Gasteiger partial charge in [0, 0.05) is 33.5 Å². The van der Waals surface area contributed by atoms with Gasteiger partial charge < -0.3 is 0 Å². The molecule has 3 heteroatoms. The van der Waals surface area contributed by atoms with Crippen LogP contribution in [0.2, 0.25) is 16.6 Å². The van der Waals surface area contributed by atoms with Crippen molar-refractivity contribution >= 4 is 20.4 Å². The van der Waals surface area contributed by atoms with Crippen LogP contribution in [-0.2, 0) is 27.7 Å². The van der Waals surface area contributed by atoms with Crippen molar-refractivity contribution in [3.63, 3.8) is 0 Å². The van der Waals surface area contributed by atoms with Crippen molar-refractivity contribution in [3.05, 3.63) is 0 Å². The molecule has 0 rings (SSSR count). The molecule has 0 aliphatic carbocycles. The topological polar surface area (TPSA) is 0 Å². The maximum Gasteiger partial charge on any atom is 0.0576 e. The van der Waals surface area contributed by atoms with E-state index in [9.17, 15) is 0 Å². The molecule has 0 heterocycles. The Balaban J connectivity index is 0. The molecule has 0 spiro atoms. The van der Waals surface area contributed by atoms with Gasteiger partial charge in [-0.25, -0.2) is 0 Å². The zero-order valence-electron chi connectivity index (χ0n) is 9.02. The predicted molar refractivity (Wildman–Crippen MR) is 56.1 cm³/mol. The fourth-order valence-electron chi connectivity index (χ4n) is 1.89. The fraction of sp³-hybridized carbons (Fsp3) is 1.00. The first kappa shape index (κ1) is 15.9. The average Bonchev–Trinajstić information content (AvgIpc) is 1.85. The van der Waals surface area contributed by atoms with Gasteiger partial charge in [0.1, 0.15) is 0 Å². The summed E-state index contributed by atoms with van der Waals surface area (Å²) in [7, 11) is -0.239. The second kappa shape index (κ2) is 7.81. The summed E-state index contributed by atoms with van der Waals surface area (Å²) in [6, 6.07) is 0. The molecule has 0 N–H and O–H groups in total. The van der Waals surface area contributed by atoms with Gasteiger partial charge in [0.25, 0.3) is 0 Å². The van der Waals surface area contributed by atoms with Gasteiger partial charge >= 0.3 is 0 Å². The normalized spacial score (nSPS) is 13.8. The molecule has 1 atom stereocenters. The predicted octanol–water partition coefficient (Wildman–Crippen LogP) is 3.93. The van der Waals surface area contributed by atoms with E-state index in [4.69, 9.17) is 11.6 Å². The molecule has 0 nitrogen and oxygen atoms in total. The molecule has 0 aromatic rings. The summed E-state index contributed by atoms with van der Waals surface area (Å²) >= 11 is 5.86. The summed E-state index contributed by atoms with van der Waals surface area (Å²) in [6.45, 7) is 11.6. The molecular weight excluding hydrogens is 372 g/mol. The minimum atomic E-state index is -0.239. The van der Waals surface area contributed by atoms with Crippen molar-refractivity contribution in [1.29, 1.82) is 0 Å². The number of hydrogen-bond donors (Lipinski definition) is 0. The van der Waals surface area contributed by atoms with Gasteiger partial charge in [-0.2, -0.15) is 0 Å². The fourth-order valence-corrected chi connectivity index (χ4v) is 6.22. The average molecular weight is 392 g/mol. The molecule has 0 saturated carbocycles. The Kier molecular flexibility index (Phi) is 10.3. The van der Waals surface area contributed by atoms with E-state index in [1.165, 1.54) is 0 Å². The number of alkyl halides is 1. The summed E-state index contributed by atoms with van der Waals surface area (Å²) in [6.07, 6.45) is 0. The molecule has 0 bridgehead atoms. The Morgan fingerprint density at radius 3 is 1.42 bits per heavy atom. The summed E-state index contributed by atoms with van der Waals surface area (Å²) in [4.78, 5) is 0. The van der Waals surface area contributed by atoms with E-state index in [1.807, 2.05) is 0 Å². The molecule has 69 valence electrons. The second-order valence-electron chi connectivity index (χ2n) is 3.86. The van der Waals surface area contributed by atoms with Crippen LogP contribution in [0.1, 0.15) is 34.6 Å². The van der Waals surface area contributed by atoms with E-state index in [0.29, 0.717) is 0 Å². The van der Waals surface area contributed by atoms with Gasteiger partial charge in [-0.1, -0.05) is 45.7 Å². The SMILES string of the molecule is CC(C)[Si](C(C)C)C(C)CCl.[Hg]. The molecule has 0 aromatic heterocycles. The molecule has 1 unspecified atom stereocenters. The summed E-state index contributed by atoms with van der Waals surface area (Å²) < 4.78 is 0. The largest absolute Gasteiger partial charge is 0.127 e. The molecule has 0 amide bonds. The van der Waals surface area contributed by atoms with Gasteiger partial charge in [-0.05, 0) is 5.54 Å². The van der Waals surface area contributed by atoms with Crippen LogP contribution >= 0.6 is 11.6 Å². The molecule has 0 aliphatic rings. The molecule has 0 saturated heterocycles. The molecule has 0 aromatic carbocycles. The minimum absolute atomic E-state index is 0. The number of hydrogen-bond acceptors (Lipinski definition) is 0. The smallest absolute Gasteiger partial charge is 0.0576 e. The second-order valence-corrected chi connectivity index (χ2v) is 8.47. The van der Waals surface area contributed by atoms with E-state index in [0.717, 1.165) is 22.5 Å². The Bertz CT molecular complexity index is 98.7. The summed E-state index contributed by atoms with van der Waals surface area (Å²) in [5.41, 5.74) is 2.46. The van der Waals surface area contributed by atoms with Crippen LogP contribution in [0.4, 0.5) is 0 Å². The van der Waals surface area contributed by atoms with Crippen molar-refractivity contribution in [3.8, 4) is 0 Å². The summed E-state index contributed by atoms with van der Waals surface area (Å²) in [5.74, 6) is 0.838. The van der Waals surface area contributed by atoms with E-state index in [1.54, 1.807) is 0 Å². The van der Waals surface area contributed by atoms with Crippen molar-refractivity contribution in [2.45, 2.75) is 51.2 Å². The van der Waals surface area contributed by atoms with E-state index in [-0.39, 0.29) is 36.5 Å². The monoisotopic (exact) mass is 393 g/mol. The van der Waals surface area contributed by atoms with Crippen molar-refractivity contribution in [1.82, 2.24) is 0 Å². The standard InChI is InChI=1S/C9H20ClSi.Hg/c1-7(2)11(8(3)4)9(5)6-10;/h7-9H,6H2,1-5H3;. The third kappa shape index (κ3) is 5.23. The van der Waals surface area contributed by atoms with Crippen molar-refractivity contribution < 1.29 is 27.7 Å². The minimum Gasteiger partial charge on any atom is -0.127 e. The number of rotatable bonds is 4. The Labute approximate surface area is 105 Å². The molecule has 0 aliphatic heterocycles. The van der Waals surface area contributed by atoms with Crippen LogP contribution in [0.15, 0.2) is 0 Å². The molecular formula is C9H20ClHgSi. The van der Waals surface area contributed by atoms with Crippen LogP contribution in [-0.4, -0.2) is 14.7 Å². The summed E-state index contributed by atoms with van der Waals surface area (Å²) in [5, 5.41) is 0. The van der Waals surface area contributed by atoms with E-state index < -0.39 is 0 Å². The maximum absolute atomic E-state index is 5.86.